The molecule has 1 aliphatic heterocycles. The van der Waals surface area contributed by atoms with E-state index in [1.54, 1.807) is 0 Å². The van der Waals surface area contributed by atoms with Gasteiger partial charge in [-0.2, -0.15) is 4.79 Å². The summed E-state index contributed by atoms with van der Waals surface area (Å²) in [6.07, 6.45) is 6.67. The van der Waals surface area contributed by atoms with Crippen LogP contribution in [-0.4, -0.2) is 36.3 Å². The van der Waals surface area contributed by atoms with Crippen LogP contribution < -0.4 is 5.32 Å². The normalized spacial score (nSPS) is 27.0. The van der Waals surface area contributed by atoms with E-state index in [-0.39, 0.29) is 6.10 Å². The first kappa shape index (κ1) is 9.34. The Balaban J connectivity index is 2.03. The lowest BCUT2D eigenvalue weighted by atomic mass is 10.0. The van der Waals surface area contributed by atoms with E-state index in [4.69, 9.17) is 10.3 Å². The van der Waals surface area contributed by atoms with Crippen LogP contribution >= 0.6 is 0 Å². The first-order valence-corrected chi connectivity index (χ1v) is 4.81. The van der Waals surface area contributed by atoms with Gasteiger partial charge in [-0.25, -0.2) is 0 Å². The molecule has 2 aliphatic rings. The topological polar surface area (TPSA) is 57.7 Å². The molecule has 0 amide bonds. The van der Waals surface area contributed by atoms with Gasteiger partial charge in [0, 0.05) is 19.2 Å². The summed E-state index contributed by atoms with van der Waals surface area (Å²) in [6, 6.07) is 0. The van der Waals surface area contributed by atoms with Gasteiger partial charge in [-0.1, -0.05) is 6.08 Å². The summed E-state index contributed by atoms with van der Waals surface area (Å²) in [5, 5.41) is 3.28. The van der Waals surface area contributed by atoms with Gasteiger partial charge in [0.2, 0.25) is 0 Å². The van der Waals surface area contributed by atoms with E-state index in [0.717, 1.165) is 19.7 Å². The van der Waals surface area contributed by atoms with Crippen molar-refractivity contribution >= 4 is 5.71 Å². The fourth-order valence-electron chi connectivity index (χ4n) is 1.64. The molecule has 74 valence electrons. The Bertz CT molecular complexity index is 320. The number of morpholine rings is 1. The van der Waals surface area contributed by atoms with Crippen LogP contribution in [0.5, 0.6) is 0 Å². The van der Waals surface area contributed by atoms with E-state index in [2.05, 4.69) is 10.1 Å². The molecule has 0 aromatic carbocycles. The van der Waals surface area contributed by atoms with Crippen LogP contribution in [0.25, 0.3) is 5.53 Å². The summed E-state index contributed by atoms with van der Waals surface area (Å²) < 4.78 is 5.60. The molecule has 1 heterocycles. The zero-order valence-corrected chi connectivity index (χ0v) is 7.94. The summed E-state index contributed by atoms with van der Waals surface area (Å²) in [6.45, 7) is 2.55. The minimum absolute atomic E-state index is 0.153. The number of hydrogen-bond acceptors (Lipinski definition) is 2. The number of rotatable bonds is 1. The molecule has 2 rings (SSSR count). The largest absolute Gasteiger partial charge is 0.371 e. The molecule has 14 heavy (non-hydrogen) atoms. The number of allylic oxidation sites excluding steroid dienone is 2. The van der Waals surface area contributed by atoms with Crippen LogP contribution in [0, 0.1) is 0 Å². The fourth-order valence-corrected chi connectivity index (χ4v) is 1.64. The first-order chi connectivity index (χ1) is 6.90. The van der Waals surface area contributed by atoms with E-state index in [1.807, 2.05) is 18.2 Å². The Hall–Kier alpha value is -1.22. The third-order valence-electron chi connectivity index (χ3n) is 2.44. The fraction of sp³-hybridized carbons (Fsp3) is 0.500. The van der Waals surface area contributed by atoms with Gasteiger partial charge in [0.15, 0.2) is 0 Å². The average molecular weight is 191 g/mol. The van der Waals surface area contributed by atoms with Gasteiger partial charge in [-0.15, -0.1) is 0 Å². The summed E-state index contributed by atoms with van der Waals surface area (Å²) in [5.74, 6) is 0. The van der Waals surface area contributed by atoms with E-state index < -0.39 is 0 Å². The summed E-state index contributed by atoms with van der Waals surface area (Å²) in [7, 11) is 0. The minimum atomic E-state index is 0.153. The molecule has 1 saturated heterocycles. The summed E-state index contributed by atoms with van der Waals surface area (Å²) in [5.41, 5.74) is 10.4. The molecule has 0 aromatic heterocycles. The molecule has 4 heteroatoms. The second kappa shape index (κ2) is 4.33. The Morgan fingerprint density at radius 2 is 2.43 bits per heavy atom. The van der Waals surface area contributed by atoms with Gasteiger partial charge < -0.3 is 15.6 Å². The van der Waals surface area contributed by atoms with Crippen molar-refractivity contribution in [2.24, 2.45) is 0 Å². The molecular formula is C10H13N3O. The lowest BCUT2D eigenvalue weighted by Gasteiger charge is -2.25. The van der Waals surface area contributed by atoms with Crippen molar-refractivity contribution in [3.8, 4) is 0 Å². The highest BCUT2D eigenvalue weighted by Crippen LogP contribution is 2.15. The lowest BCUT2D eigenvalue weighted by Crippen LogP contribution is -2.39. The maximum Gasteiger partial charge on any atom is 0.295 e. The van der Waals surface area contributed by atoms with Crippen molar-refractivity contribution in [3.63, 3.8) is 0 Å². The summed E-state index contributed by atoms with van der Waals surface area (Å²) in [4.78, 5) is 3.16. The van der Waals surface area contributed by atoms with Crippen molar-refractivity contribution in [2.75, 3.05) is 19.7 Å². The highest BCUT2D eigenvalue weighted by atomic mass is 16.5. The van der Waals surface area contributed by atoms with E-state index in [0.29, 0.717) is 12.1 Å². The molecule has 4 nitrogen and oxygen atoms in total. The lowest BCUT2D eigenvalue weighted by molar-refractivity contribution is -0.00554. The van der Waals surface area contributed by atoms with E-state index >= 15 is 0 Å². The molecule has 1 aliphatic carbocycles. The van der Waals surface area contributed by atoms with Crippen molar-refractivity contribution < 1.29 is 9.53 Å². The van der Waals surface area contributed by atoms with Crippen LogP contribution in [0.4, 0.5) is 0 Å². The highest BCUT2D eigenvalue weighted by Gasteiger charge is 2.19. The molecule has 0 spiro atoms. The summed E-state index contributed by atoms with van der Waals surface area (Å²) >= 11 is 0. The van der Waals surface area contributed by atoms with Crippen LogP contribution in [0.3, 0.4) is 0 Å². The van der Waals surface area contributed by atoms with Gasteiger partial charge in [-0.3, -0.25) is 0 Å². The number of ether oxygens (including phenoxy) is 1. The highest BCUT2D eigenvalue weighted by molar-refractivity contribution is 5.93. The Morgan fingerprint density at radius 3 is 3.00 bits per heavy atom. The standard InChI is InChI=1S/C10H13N3O/c11-13-9-3-1-8(2-4-9)10-7-12-5-6-14-10/h1-3,10,12H,4-7H2. The minimum Gasteiger partial charge on any atom is -0.371 e. The van der Waals surface area contributed by atoms with Crippen molar-refractivity contribution in [3.05, 3.63) is 29.3 Å². The second-order valence-electron chi connectivity index (χ2n) is 3.40. The molecule has 0 saturated carbocycles. The predicted octanol–water partition coefficient (Wildman–Crippen LogP) is 0.532. The molecule has 0 bridgehead atoms. The molecule has 0 aromatic rings. The molecule has 1 atom stereocenters. The zero-order chi connectivity index (χ0) is 9.80. The third-order valence-corrected chi connectivity index (χ3v) is 2.44. The Labute approximate surface area is 82.9 Å². The van der Waals surface area contributed by atoms with Crippen LogP contribution in [0.15, 0.2) is 23.8 Å². The number of nitrogens with zero attached hydrogens (tertiary/aromatic N) is 2. The van der Waals surface area contributed by atoms with Gasteiger partial charge in [-0.05, 0) is 11.6 Å². The van der Waals surface area contributed by atoms with Gasteiger partial charge in [0.1, 0.15) is 0 Å². The van der Waals surface area contributed by atoms with E-state index in [1.165, 1.54) is 5.57 Å². The maximum absolute atomic E-state index is 8.55. The number of nitrogens with one attached hydrogen (secondary N) is 1. The van der Waals surface area contributed by atoms with E-state index in [9.17, 15) is 0 Å². The molecule has 1 unspecified atom stereocenters. The van der Waals surface area contributed by atoms with Crippen LogP contribution in [0.2, 0.25) is 0 Å². The first-order valence-electron chi connectivity index (χ1n) is 4.81. The van der Waals surface area contributed by atoms with Crippen molar-refractivity contribution in [2.45, 2.75) is 12.5 Å². The molecular weight excluding hydrogens is 178 g/mol. The number of hydrogen-bond donors (Lipinski definition) is 1. The predicted molar refractivity (Wildman–Crippen MR) is 53.1 cm³/mol. The molecule has 1 fully saturated rings. The van der Waals surface area contributed by atoms with Crippen LogP contribution in [-0.2, 0) is 4.74 Å². The molecule has 0 radical (unpaired) electrons. The smallest absolute Gasteiger partial charge is 0.295 e. The molecule has 1 N–H and O–H groups in total. The van der Waals surface area contributed by atoms with Gasteiger partial charge in [0.05, 0.1) is 19.1 Å². The quantitative estimate of drug-likeness (QED) is 0.485. The second-order valence-corrected chi connectivity index (χ2v) is 3.40. The third kappa shape index (κ3) is 1.99. The Morgan fingerprint density at radius 1 is 1.50 bits per heavy atom. The van der Waals surface area contributed by atoms with Crippen molar-refractivity contribution in [1.82, 2.24) is 5.32 Å². The zero-order valence-electron chi connectivity index (χ0n) is 7.94. The SMILES string of the molecule is [N-]=[N+]=C1C=CC(C2CNCCO2)=CC1. The van der Waals surface area contributed by atoms with Crippen molar-refractivity contribution in [1.29, 1.82) is 0 Å². The maximum atomic E-state index is 8.55. The van der Waals surface area contributed by atoms with Crippen LogP contribution in [0.1, 0.15) is 6.42 Å². The Kier molecular flexibility index (Phi) is 2.89. The monoisotopic (exact) mass is 191 g/mol. The van der Waals surface area contributed by atoms with Gasteiger partial charge >= 0.3 is 0 Å². The van der Waals surface area contributed by atoms with Gasteiger partial charge in [0.25, 0.3) is 5.71 Å². The average Bonchev–Trinajstić information content (AvgIpc) is 2.30.